The van der Waals surface area contributed by atoms with Gasteiger partial charge in [0, 0.05) is 18.3 Å². The molecule has 0 atom stereocenters. The number of aliphatic imine (C=N–C) groups is 1. The maximum absolute atomic E-state index is 11.2. The summed E-state index contributed by atoms with van der Waals surface area (Å²) in [5, 5.41) is 21.7. The van der Waals surface area contributed by atoms with E-state index in [9.17, 15) is 20.0 Å². The van der Waals surface area contributed by atoms with Crippen LogP contribution in [0.4, 0.5) is 5.69 Å². The molecular weight excluding hydrogens is 214 g/mol. The van der Waals surface area contributed by atoms with Crippen molar-refractivity contribution < 1.29 is 14.8 Å². The average Bonchev–Trinajstić information content (AvgIpc) is 2.20. The van der Waals surface area contributed by atoms with Crippen LogP contribution in [0.2, 0.25) is 0 Å². The van der Waals surface area contributed by atoms with Gasteiger partial charge in [-0.25, -0.2) is 0 Å². The molecule has 0 aromatic heterocycles. The highest BCUT2D eigenvalue weighted by Gasteiger charge is 2.05. The van der Waals surface area contributed by atoms with Gasteiger partial charge in [0.25, 0.3) is 5.69 Å². The van der Waals surface area contributed by atoms with Crippen molar-refractivity contribution in [1.29, 1.82) is 0 Å². The van der Waals surface area contributed by atoms with Crippen molar-refractivity contribution >= 4 is 17.8 Å². The van der Waals surface area contributed by atoms with Gasteiger partial charge in [0.15, 0.2) is 0 Å². The first-order valence-electron chi connectivity index (χ1n) is 4.24. The van der Waals surface area contributed by atoms with Crippen LogP contribution in [0.1, 0.15) is 5.56 Å². The molecule has 0 saturated carbocycles. The number of amides is 1. The van der Waals surface area contributed by atoms with E-state index >= 15 is 0 Å². The second-order valence-electron chi connectivity index (χ2n) is 2.92. The zero-order valence-electron chi connectivity index (χ0n) is 8.12. The van der Waals surface area contributed by atoms with Gasteiger partial charge in [-0.15, -0.1) is 0 Å². The largest absolute Gasteiger partial charge is 0.872 e. The maximum Gasteiger partial charge on any atom is 0.270 e. The van der Waals surface area contributed by atoms with Crippen LogP contribution in [0.15, 0.2) is 23.2 Å². The SMILES string of the molecule is NC(=O)CN=Cc1cc([N+](=O)[O-])ccc1[O-]. The molecule has 0 saturated heterocycles. The van der Waals surface area contributed by atoms with Crippen LogP contribution >= 0.6 is 0 Å². The molecule has 0 aliphatic heterocycles. The fourth-order valence-electron chi connectivity index (χ4n) is 0.984. The molecule has 0 spiro atoms. The molecule has 1 amide bonds. The molecule has 7 nitrogen and oxygen atoms in total. The molecule has 1 rings (SSSR count). The maximum atomic E-state index is 11.2. The van der Waals surface area contributed by atoms with E-state index in [1.165, 1.54) is 0 Å². The van der Waals surface area contributed by atoms with Crippen LogP contribution in [0.25, 0.3) is 0 Å². The first kappa shape index (κ1) is 11.6. The number of nitro groups is 1. The predicted molar refractivity (Wildman–Crippen MR) is 54.2 cm³/mol. The topological polar surface area (TPSA) is 122 Å². The van der Waals surface area contributed by atoms with Crippen molar-refractivity contribution in [3.05, 3.63) is 33.9 Å². The Morgan fingerprint density at radius 3 is 2.81 bits per heavy atom. The number of hydrogen-bond acceptors (Lipinski definition) is 5. The quantitative estimate of drug-likeness (QED) is 0.422. The van der Waals surface area contributed by atoms with Crippen LogP contribution in [0.5, 0.6) is 5.75 Å². The van der Waals surface area contributed by atoms with Crippen molar-refractivity contribution in [2.45, 2.75) is 0 Å². The third-order valence-electron chi connectivity index (χ3n) is 1.68. The summed E-state index contributed by atoms with van der Waals surface area (Å²) < 4.78 is 0. The minimum absolute atomic E-state index is 0.0513. The molecule has 0 unspecified atom stereocenters. The minimum atomic E-state index is -0.644. The smallest absolute Gasteiger partial charge is 0.270 e. The van der Waals surface area contributed by atoms with Gasteiger partial charge >= 0.3 is 0 Å². The fourth-order valence-corrected chi connectivity index (χ4v) is 0.984. The lowest BCUT2D eigenvalue weighted by molar-refractivity contribution is -0.385. The zero-order valence-corrected chi connectivity index (χ0v) is 8.12. The molecule has 0 fully saturated rings. The van der Waals surface area contributed by atoms with E-state index < -0.39 is 16.6 Å². The molecular formula is C9H8N3O4-. The van der Waals surface area contributed by atoms with E-state index in [-0.39, 0.29) is 17.8 Å². The van der Waals surface area contributed by atoms with Gasteiger partial charge in [0.05, 0.1) is 4.92 Å². The number of hydrogen-bond donors (Lipinski definition) is 1. The predicted octanol–water partition coefficient (Wildman–Crippen LogP) is -0.427. The average molecular weight is 222 g/mol. The molecule has 16 heavy (non-hydrogen) atoms. The van der Waals surface area contributed by atoms with Gasteiger partial charge in [-0.2, -0.15) is 0 Å². The van der Waals surface area contributed by atoms with Gasteiger partial charge in [0.2, 0.25) is 5.91 Å². The van der Waals surface area contributed by atoms with Crippen molar-refractivity contribution in [1.82, 2.24) is 0 Å². The van der Waals surface area contributed by atoms with Gasteiger partial charge in [-0.05, 0) is 5.56 Å². The standard InChI is InChI=1S/C9H9N3O4/c10-9(14)5-11-4-6-3-7(12(15)16)1-2-8(6)13/h1-4,13H,5H2,(H2,10,14)/p-1. The number of carbonyl (C=O) groups excluding carboxylic acids is 1. The Balaban J connectivity index is 2.94. The molecule has 0 aliphatic rings. The molecule has 1 aromatic rings. The Morgan fingerprint density at radius 2 is 2.25 bits per heavy atom. The summed E-state index contributed by atoms with van der Waals surface area (Å²) in [7, 11) is 0. The van der Waals surface area contributed by atoms with Gasteiger partial charge < -0.3 is 10.8 Å². The number of nitrogens with zero attached hydrogens (tertiary/aromatic N) is 2. The van der Waals surface area contributed by atoms with Crippen LogP contribution in [-0.2, 0) is 4.79 Å². The summed E-state index contributed by atoms with van der Waals surface area (Å²) in [5.74, 6) is -1.05. The second-order valence-corrected chi connectivity index (χ2v) is 2.92. The second kappa shape index (κ2) is 4.87. The molecule has 84 valence electrons. The van der Waals surface area contributed by atoms with Crippen molar-refractivity contribution in [3.63, 3.8) is 0 Å². The number of benzene rings is 1. The minimum Gasteiger partial charge on any atom is -0.872 e. The van der Waals surface area contributed by atoms with E-state index in [2.05, 4.69) is 4.99 Å². The number of primary amides is 1. The van der Waals surface area contributed by atoms with Crippen molar-refractivity contribution in [2.75, 3.05) is 6.54 Å². The lowest BCUT2D eigenvalue weighted by Gasteiger charge is -2.08. The molecule has 0 heterocycles. The summed E-state index contributed by atoms with van der Waals surface area (Å²) in [4.78, 5) is 23.8. The summed E-state index contributed by atoms with van der Waals surface area (Å²) >= 11 is 0. The normalized spacial score (nSPS) is 10.5. The van der Waals surface area contributed by atoms with Crippen molar-refractivity contribution in [2.24, 2.45) is 10.7 Å². The number of nitrogens with two attached hydrogens (primary N) is 1. The number of carbonyl (C=O) groups is 1. The van der Waals surface area contributed by atoms with Crippen LogP contribution in [0.3, 0.4) is 0 Å². The Labute approximate surface area is 90.4 Å². The van der Waals surface area contributed by atoms with Crippen molar-refractivity contribution in [3.8, 4) is 5.75 Å². The van der Waals surface area contributed by atoms with E-state index in [1.807, 2.05) is 0 Å². The lowest BCUT2D eigenvalue weighted by Crippen LogP contribution is -2.14. The number of rotatable bonds is 4. The summed E-state index contributed by atoms with van der Waals surface area (Å²) in [6.45, 7) is -0.262. The third-order valence-corrected chi connectivity index (χ3v) is 1.68. The third kappa shape index (κ3) is 3.05. The monoisotopic (exact) mass is 222 g/mol. The van der Waals surface area contributed by atoms with E-state index in [4.69, 9.17) is 5.73 Å². The van der Waals surface area contributed by atoms with E-state index in [0.717, 1.165) is 24.4 Å². The molecule has 1 aromatic carbocycles. The Hall–Kier alpha value is -2.44. The van der Waals surface area contributed by atoms with Crippen LogP contribution in [0, 0.1) is 10.1 Å². The molecule has 7 heteroatoms. The molecule has 0 aliphatic carbocycles. The first-order chi connectivity index (χ1) is 7.50. The molecule has 0 bridgehead atoms. The Morgan fingerprint density at radius 1 is 1.56 bits per heavy atom. The van der Waals surface area contributed by atoms with Crippen LogP contribution < -0.4 is 10.8 Å². The van der Waals surface area contributed by atoms with Gasteiger partial charge in [-0.1, -0.05) is 11.8 Å². The van der Waals surface area contributed by atoms with E-state index in [1.54, 1.807) is 0 Å². The highest BCUT2D eigenvalue weighted by Crippen LogP contribution is 2.18. The number of non-ortho nitro benzene ring substituents is 1. The van der Waals surface area contributed by atoms with Crippen LogP contribution in [-0.4, -0.2) is 23.6 Å². The highest BCUT2D eigenvalue weighted by molar-refractivity contribution is 5.86. The van der Waals surface area contributed by atoms with E-state index in [0.29, 0.717) is 0 Å². The zero-order chi connectivity index (χ0) is 12.1. The summed E-state index contributed by atoms with van der Waals surface area (Å²) in [6.07, 6.45) is 1.10. The Kier molecular flexibility index (Phi) is 3.54. The molecule has 0 radical (unpaired) electrons. The first-order valence-corrected chi connectivity index (χ1v) is 4.24. The molecule has 2 N–H and O–H groups in total. The Bertz CT molecular complexity index is 456. The van der Waals surface area contributed by atoms with Gasteiger partial charge in [-0.3, -0.25) is 19.9 Å². The highest BCUT2D eigenvalue weighted by atomic mass is 16.6. The van der Waals surface area contributed by atoms with Gasteiger partial charge in [0.1, 0.15) is 6.54 Å². The fraction of sp³-hybridized carbons (Fsp3) is 0.111. The lowest BCUT2D eigenvalue weighted by atomic mass is 10.2. The summed E-state index contributed by atoms with van der Waals surface area (Å²) in [6, 6.07) is 3.27. The summed E-state index contributed by atoms with van der Waals surface area (Å²) in [5.41, 5.74) is 4.68. The number of nitro benzene ring substituents is 1.